The van der Waals surface area contributed by atoms with E-state index in [2.05, 4.69) is 46.0 Å². The first-order valence-electron chi connectivity index (χ1n) is 5.57. The quantitative estimate of drug-likeness (QED) is 0.377. The van der Waals surface area contributed by atoms with E-state index in [1.54, 1.807) is 0 Å². The molecule has 0 aliphatic heterocycles. The summed E-state index contributed by atoms with van der Waals surface area (Å²) in [6, 6.07) is 0. The molecule has 0 aromatic carbocycles. The Morgan fingerprint density at radius 3 is 2.33 bits per heavy atom. The minimum atomic E-state index is -1.58. The lowest BCUT2D eigenvalue weighted by molar-refractivity contribution is 0.121. The van der Waals surface area contributed by atoms with Gasteiger partial charge in [0.2, 0.25) is 0 Å². The normalized spacial score (nSPS) is 15.5. The highest BCUT2D eigenvalue weighted by Crippen LogP contribution is 2.30. The lowest BCUT2D eigenvalue weighted by Crippen LogP contribution is -2.41. The third kappa shape index (κ3) is 5.20. The first kappa shape index (κ1) is 14.5. The van der Waals surface area contributed by atoms with Crippen LogP contribution in [0.4, 0.5) is 0 Å². The highest BCUT2D eigenvalue weighted by molar-refractivity contribution is 6.69. The van der Waals surface area contributed by atoms with Crippen LogP contribution in [0.25, 0.3) is 0 Å². The predicted molar refractivity (Wildman–Crippen MR) is 70.3 cm³/mol. The molecule has 0 aromatic heterocycles. The summed E-state index contributed by atoms with van der Waals surface area (Å²) < 4.78 is 6.18. The fourth-order valence-electron chi connectivity index (χ4n) is 1.67. The zero-order valence-corrected chi connectivity index (χ0v) is 11.8. The molecule has 15 heavy (non-hydrogen) atoms. The Morgan fingerprint density at radius 2 is 2.00 bits per heavy atom. The van der Waals surface area contributed by atoms with E-state index < -0.39 is 8.32 Å². The third-order valence-electron chi connectivity index (χ3n) is 2.27. The summed E-state index contributed by atoms with van der Waals surface area (Å²) >= 11 is 0. The number of hydrogen-bond donors (Lipinski definition) is 0. The Kier molecular flexibility index (Phi) is 5.34. The molecule has 0 saturated carbocycles. The van der Waals surface area contributed by atoms with Gasteiger partial charge in [-0.25, -0.2) is 0 Å². The second kappa shape index (κ2) is 5.53. The van der Waals surface area contributed by atoms with Crippen LogP contribution in [-0.4, -0.2) is 13.9 Å². The molecule has 0 bridgehead atoms. The van der Waals surface area contributed by atoms with Gasteiger partial charge < -0.3 is 4.43 Å². The molecule has 0 saturated heterocycles. The predicted octanol–water partition coefficient (Wildman–Crippen LogP) is 3.98. The maximum atomic E-state index is 6.18. The van der Waals surface area contributed by atoms with Gasteiger partial charge in [-0.3, -0.25) is 0 Å². The molecule has 1 unspecified atom stereocenters. The van der Waals surface area contributed by atoms with Gasteiger partial charge in [-0.15, -0.1) is 12.3 Å². The van der Waals surface area contributed by atoms with Crippen molar-refractivity contribution in [2.75, 3.05) is 0 Å². The fourth-order valence-corrected chi connectivity index (χ4v) is 3.24. The molecule has 0 aliphatic carbocycles. The molecule has 1 nitrogen and oxygen atoms in total. The Hall–Kier alpha value is -0.523. The number of terminal acetylenes is 1. The molecule has 0 N–H and O–H groups in total. The number of hydrogen-bond acceptors (Lipinski definition) is 1. The van der Waals surface area contributed by atoms with Crippen LogP contribution in [0, 0.1) is 12.3 Å². The van der Waals surface area contributed by atoms with Gasteiger partial charge in [0.25, 0.3) is 0 Å². The molecule has 0 radical (unpaired) electrons. The van der Waals surface area contributed by atoms with Crippen molar-refractivity contribution in [1.29, 1.82) is 0 Å². The largest absolute Gasteiger partial charge is 0.408 e. The van der Waals surface area contributed by atoms with E-state index >= 15 is 0 Å². The van der Waals surface area contributed by atoms with E-state index in [0.717, 1.165) is 18.4 Å². The van der Waals surface area contributed by atoms with Crippen LogP contribution < -0.4 is 0 Å². The molecule has 1 atom stereocenters. The van der Waals surface area contributed by atoms with Gasteiger partial charge in [0.1, 0.15) is 0 Å². The SMILES string of the molecule is C#CCC(C)(O[Si](C)(C)C)C(=C)CCC. The van der Waals surface area contributed by atoms with E-state index in [4.69, 9.17) is 10.8 Å². The van der Waals surface area contributed by atoms with Gasteiger partial charge >= 0.3 is 0 Å². The van der Waals surface area contributed by atoms with Crippen LogP contribution in [-0.2, 0) is 4.43 Å². The molecule has 0 rings (SSSR count). The van der Waals surface area contributed by atoms with Crippen LogP contribution in [0.1, 0.15) is 33.1 Å². The minimum absolute atomic E-state index is 0.324. The molecule has 0 aliphatic rings. The highest BCUT2D eigenvalue weighted by atomic mass is 28.4. The second-order valence-corrected chi connectivity index (χ2v) is 9.61. The minimum Gasteiger partial charge on any atom is -0.408 e. The summed E-state index contributed by atoms with van der Waals surface area (Å²) in [5.74, 6) is 2.71. The van der Waals surface area contributed by atoms with Crippen molar-refractivity contribution in [1.82, 2.24) is 0 Å². The second-order valence-electron chi connectivity index (χ2n) is 5.18. The van der Waals surface area contributed by atoms with E-state index in [9.17, 15) is 0 Å². The smallest absolute Gasteiger partial charge is 0.184 e. The summed E-state index contributed by atoms with van der Waals surface area (Å²) in [5.41, 5.74) is 0.806. The Labute approximate surface area is 96.0 Å². The molecule has 2 heteroatoms. The van der Waals surface area contributed by atoms with Crippen LogP contribution in [0.2, 0.25) is 19.6 Å². The molecular weight excluding hydrogens is 200 g/mol. The first-order valence-corrected chi connectivity index (χ1v) is 8.98. The van der Waals surface area contributed by atoms with Crippen LogP contribution >= 0.6 is 0 Å². The van der Waals surface area contributed by atoms with Gasteiger partial charge in [0, 0.05) is 6.42 Å². The average molecular weight is 224 g/mol. The molecule has 0 spiro atoms. The van der Waals surface area contributed by atoms with Crippen LogP contribution in [0.15, 0.2) is 12.2 Å². The van der Waals surface area contributed by atoms with Crippen molar-refractivity contribution in [2.24, 2.45) is 0 Å². The van der Waals surface area contributed by atoms with Gasteiger partial charge in [0.15, 0.2) is 8.32 Å². The molecule has 86 valence electrons. The molecule has 0 amide bonds. The van der Waals surface area contributed by atoms with E-state index in [1.165, 1.54) is 0 Å². The topological polar surface area (TPSA) is 9.23 Å². The van der Waals surface area contributed by atoms with Gasteiger partial charge in [-0.2, -0.15) is 0 Å². The summed E-state index contributed by atoms with van der Waals surface area (Å²) in [4.78, 5) is 0. The maximum Gasteiger partial charge on any atom is 0.184 e. The average Bonchev–Trinajstić information content (AvgIpc) is 2.01. The molecule has 0 aromatic rings. The summed E-state index contributed by atoms with van der Waals surface area (Å²) in [6.07, 6.45) is 8.11. The van der Waals surface area contributed by atoms with E-state index in [-0.39, 0.29) is 5.60 Å². The fraction of sp³-hybridized carbons (Fsp3) is 0.692. The number of rotatable bonds is 6. The van der Waals surface area contributed by atoms with Crippen molar-refractivity contribution >= 4 is 8.32 Å². The Morgan fingerprint density at radius 1 is 1.47 bits per heavy atom. The van der Waals surface area contributed by atoms with Crippen LogP contribution in [0.5, 0.6) is 0 Å². The van der Waals surface area contributed by atoms with Crippen molar-refractivity contribution in [2.45, 2.75) is 58.4 Å². The van der Waals surface area contributed by atoms with E-state index in [0.29, 0.717) is 6.42 Å². The zero-order chi connectivity index (χ0) is 12.1. The summed E-state index contributed by atoms with van der Waals surface area (Å²) in [6.45, 7) is 14.9. The lowest BCUT2D eigenvalue weighted by Gasteiger charge is -2.36. The first-order chi connectivity index (χ1) is 6.75. The lowest BCUT2D eigenvalue weighted by atomic mass is 9.91. The standard InChI is InChI=1S/C13H24OSi/c1-8-10-12(3)13(4,11-9-2)14-15(5,6)7/h2H,3,8,10-11H2,1,4-7H3. The Balaban J connectivity index is 4.75. The summed E-state index contributed by atoms with van der Waals surface area (Å²) in [5, 5.41) is 0. The van der Waals surface area contributed by atoms with Crippen LogP contribution in [0.3, 0.4) is 0 Å². The van der Waals surface area contributed by atoms with Crippen molar-refractivity contribution < 1.29 is 4.43 Å². The van der Waals surface area contributed by atoms with Gasteiger partial charge in [-0.05, 0) is 38.6 Å². The van der Waals surface area contributed by atoms with Gasteiger partial charge in [-0.1, -0.05) is 19.9 Å². The molecular formula is C13H24OSi. The van der Waals surface area contributed by atoms with Gasteiger partial charge in [0.05, 0.1) is 5.60 Å². The van der Waals surface area contributed by atoms with Crippen molar-refractivity contribution in [3.63, 3.8) is 0 Å². The van der Waals surface area contributed by atoms with Crippen molar-refractivity contribution in [3.05, 3.63) is 12.2 Å². The summed E-state index contributed by atoms with van der Waals surface area (Å²) in [7, 11) is -1.58. The van der Waals surface area contributed by atoms with Crippen molar-refractivity contribution in [3.8, 4) is 12.3 Å². The zero-order valence-electron chi connectivity index (χ0n) is 10.8. The third-order valence-corrected chi connectivity index (χ3v) is 3.33. The van der Waals surface area contributed by atoms with E-state index in [1.807, 2.05) is 0 Å². The molecule has 0 fully saturated rings. The maximum absolute atomic E-state index is 6.18. The molecule has 0 heterocycles. The monoisotopic (exact) mass is 224 g/mol. The Bertz CT molecular complexity index is 257. The highest BCUT2D eigenvalue weighted by Gasteiger charge is 2.32.